The molecule has 0 aromatic carbocycles. The van der Waals surface area contributed by atoms with Crippen molar-refractivity contribution in [3.05, 3.63) is 0 Å². The molecule has 6 N–H and O–H groups in total. The molecular weight excluding hydrogens is 1180 g/mol. The van der Waals surface area contributed by atoms with E-state index < -0.39 is 50.7 Å². The molecule has 0 aromatic rings. The zero-order valence-electron chi connectivity index (χ0n) is 59.3. The monoisotopic (exact) mass is 1310 g/mol. The quantitative estimate of drug-likeness (QED) is 0.0411. The van der Waals surface area contributed by atoms with E-state index in [0.29, 0.717) is 84.0 Å². The molecule has 0 amide bonds. The van der Waals surface area contributed by atoms with Crippen LogP contribution in [0.5, 0.6) is 0 Å². The number of aliphatic hydroxyl groups excluding tert-OH is 5. The summed E-state index contributed by atoms with van der Waals surface area (Å²) in [6.45, 7) is 23.8. The first-order valence-corrected chi connectivity index (χ1v) is 37.3. The molecule has 0 aliphatic heterocycles. The van der Waals surface area contributed by atoms with Crippen molar-refractivity contribution >= 4 is 23.9 Å². The van der Waals surface area contributed by atoms with Gasteiger partial charge in [0.25, 0.3) is 0 Å². The summed E-state index contributed by atoms with van der Waals surface area (Å²) in [6.07, 6.45) is 26.2. The third-order valence-corrected chi connectivity index (χ3v) is 28.0. The first kappa shape index (κ1) is 71.8. The molecule has 19 fully saturated rings. The van der Waals surface area contributed by atoms with Crippen molar-refractivity contribution in [2.24, 2.45) is 92.7 Å². The predicted molar refractivity (Wildman–Crippen MR) is 349 cm³/mol. The summed E-state index contributed by atoms with van der Waals surface area (Å²) in [6, 6.07) is 0. The molecule has 19 rings (SSSR count). The Morgan fingerprint density at radius 3 is 1.08 bits per heavy atom. The highest BCUT2D eigenvalue weighted by molar-refractivity contribution is 5.78. The normalized spacial score (nSPS) is 43.0. The van der Waals surface area contributed by atoms with E-state index in [9.17, 15) is 39.6 Å². The molecule has 11 atom stereocenters. The average Bonchev–Trinajstić information content (AvgIpc) is 0.662. The number of ether oxygens (including phenoxy) is 7. The number of aliphatic hydroxyl groups is 6. The second-order valence-corrected chi connectivity index (χ2v) is 36.8. The maximum atomic E-state index is 12.9. The van der Waals surface area contributed by atoms with E-state index in [-0.39, 0.29) is 84.9 Å². The Morgan fingerprint density at radius 2 is 0.720 bits per heavy atom. The highest BCUT2D eigenvalue weighted by Gasteiger charge is 2.77. The molecule has 17 heteroatoms. The minimum atomic E-state index is -0.837. The smallest absolute Gasteiger partial charge is 0.312 e. The van der Waals surface area contributed by atoms with Gasteiger partial charge in [-0.1, -0.05) is 27.7 Å². The van der Waals surface area contributed by atoms with E-state index in [0.717, 1.165) is 128 Å². The maximum Gasteiger partial charge on any atom is 0.312 e. The minimum Gasteiger partial charge on any atom is -0.459 e. The van der Waals surface area contributed by atoms with Gasteiger partial charge in [-0.25, -0.2) is 0 Å². The lowest BCUT2D eigenvalue weighted by molar-refractivity contribution is -0.345. The van der Waals surface area contributed by atoms with Gasteiger partial charge < -0.3 is 63.8 Å². The van der Waals surface area contributed by atoms with Crippen molar-refractivity contribution in [3.63, 3.8) is 0 Å². The number of rotatable bonds is 23. The standard InChI is InChI=1S/C20H30O3.2C19H32O5.C18H30O4/c1-4-18(2,3)17(21)23-20-10-12-5-13-15(20)7-11-8-16(20)14(6-12)19(13,22)9-11;1-4-17(2,3)16(22)24-19-8-13-5-14(9-19)7-18(6-13,12-19)23-11-15(21)10-20;1-4-17(2,3)16(22)24-19-8-13-5-14(9-19)7-18(6-13,12-19)23-15(10-20)11-21;1-4-16(2,3)15(20)22-18-10-13-7-14(11-18)9-17(8-13,12-18)21-6-5-19/h11-16,22H,4-10H2,1-3H3;2*13-15,20-21H,4-12H2,1-3H3;13-14,19H,4-12H2,1-3H3. The van der Waals surface area contributed by atoms with Crippen LogP contribution in [0.2, 0.25) is 0 Å². The van der Waals surface area contributed by atoms with Gasteiger partial charge in [0.15, 0.2) is 0 Å². The van der Waals surface area contributed by atoms with Crippen molar-refractivity contribution in [1.82, 2.24) is 0 Å². The van der Waals surface area contributed by atoms with E-state index in [4.69, 9.17) is 43.4 Å². The van der Waals surface area contributed by atoms with E-state index in [1.165, 1.54) is 44.9 Å². The molecule has 17 nitrogen and oxygen atoms in total. The number of carbonyl (C=O) groups is 4. The van der Waals surface area contributed by atoms with Gasteiger partial charge in [0.2, 0.25) is 0 Å². The lowest BCUT2D eigenvalue weighted by Crippen LogP contribution is -2.78. The van der Waals surface area contributed by atoms with Gasteiger partial charge in [-0.3, -0.25) is 19.2 Å². The summed E-state index contributed by atoms with van der Waals surface area (Å²) >= 11 is 0. The van der Waals surface area contributed by atoms with Gasteiger partial charge in [-0.15, -0.1) is 0 Å². The van der Waals surface area contributed by atoms with Crippen LogP contribution in [0, 0.1) is 92.7 Å². The largest absolute Gasteiger partial charge is 0.459 e. The fourth-order valence-corrected chi connectivity index (χ4v) is 23.2. The van der Waals surface area contributed by atoms with Crippen LogP contribution in [0.3, 0.4) is 0 Å². The summed E-state index contributed by atoms with van der Waals surface area (Å²) < 4.78 is 43.2. The van der Waals surface area contributed by atoms with Crippen molar-refractivity contribution in [2.75, 3.05) is 39.6 Å². The SMILES string of the molecule is CCC(C)(C)C(=O)OC12CC3CC(C1)CC(OC(CO)CO)(C3)C2.CCC(C)(C)C(=O)OC12CC3CC(CC(OCC(O)CO)(C3)C1)C2.CCC(C)(C)C(=O)OC12CC3CC(CC(OCCO)(C3)C1)C2.CCC(C)(C)C(=O)OC12CC3CC4C1CC1CC2C(C3)C4(O)C1. The summed E-state index contributed by atoms with van der Waals surface area (Å²) in [5, 5.41) is 58.0. The zero-order chi connectivity index (χ0) is 67.4. The molecule has 19 aliphatic carbocycles. The van der Waals surface area contributed by atoms with Crippen LogP contribution < -0.4 is 0 Å². The molecule has 0 radical (unpaired) electrons. The topological polar surface area (TPSA) is 254 Å². The Morgan fingerprint density at radius 1 is 0.398 bits per heavy atom. The minimum absolute atomic E-state index is 0.000451. The lowest BCUT2D eigenvalue weighted by Gasteiger charge is -2.75. The first-order chi connectivity index (χ1) is 43.6. The number of hydrogen-bond acceptors (Lipinski definition) is 17. The molecule has 0 saturated heterocycles. The summed E-state index contributed by atoms with van der Waals surface area (Å²) in [5.41, 5.74) is -4.31. The summed E-state index contributed by atoms with van der Waals surface area (Å²) in [5.74, 6) is 6.03. The maximum absolute atomic E-state index is 12.9. The first-order valence-electron chi connectivity index (χ1n) is 37.3. The van der Waals surface area contributed by atoms with E-state index in [2.05, 4.69) is 6.92 Å². The average molecular weight is 1310 g/mol. The second kappa shape index (κ2) is 25.9. The van der Waals surface area contributed by atoms with Crippen molar-refractivity contribution in [1.29, 1.82) is 0 Å². The molecule has 0 heterocycles. The number of hydrogen-bond donors (Lipinski definition) is 6. The molecular formula is C76H124O17. The fourth-order valence-electron chi connectivity index (χ4n) is 23.2. The van der Waals surface area contributed by atoms with Crippen LogP contribution in [-0.2, 0) is 52.3 Å². The third kappa shape index (κ3) is 13.7. The van der Waals surface area contributed by atoms with E-state index in [1.54, 1.807) is 0 Å². The van der Waals surface area contributed by atoms with Crippen molar-refractivity contribution in [2.45, 2.75) is 320 Å². The Balaban J connectivity index is 0.000000127. The Labute approximate surface area is 556 Å². The van der Waals surface area contributed by atoms with Gasteiger partial charge in [0, 0.05) is 31.1 Å². The van der Waals surface area contributed by atoms with Gasteiger partial charge in [0.1, 0.15) is 34.6 Å². The second-order valence-electron chi connectivity index (χ2n) is 36.8. The molecule has 19 saturated carbocycles. The van der Waals surface area contributed by atoms with E-state index in [1.807, 2.05) is 76.2 Å². The Hall–Kier alpha value is -2.48. The molecule has 20 bridgehead atoms. The molecule has 530 valence electrons. The summed E-state index contributed by atoms with van der Waals surface area (Å²) in [4.78, 5) is 50.8. The van der Waals surface area contributed by atoms with Crippen LogP contribution in [0.25, 0.3) is 0 Å². The number of esters is 4. The van der Waals surface area contributed by atoms with Crippen LogP contribution in [-0.4, -0.2) is 151 Å². The number of carbonyl (C=O) groups excluding carboxylic acids is 4. The lowest BCUT2D eigenvalue weighted by atomic mass is 9.32. The van der Waals surface area contributed by atoms with E-state index >= 15 is 0 Å². The molecule has 11 unspecified atom stereocenters. The van der Waals surface area contributed by atoms with Crippen LogP contribution in [0.15, 0.2) is 0 Å². The van der Waals surface area contributed by atoms with Gasteiger partial charge in [-0.05, 0) is 275 Å². The van der Waals surface area contributed by atoms with Gasteiger partial charge in [0.05, 0.1) is 83.7 Å². The Kier molecular flexibility index (Phi) is 20.0. The Bertz CT molecular complexity index is 2630. The highest BCUT2D eigenvalue weighted by atomic mass is 16.6. The third-order valence-electron chi connectivity index (χ3n) is 28.0. The van der Waals surface area contributed by atoms with Crippen LogP contribution in [0.1, 0.15) is 263 Å². The predicted octanol–water partition coefficient (Wildman–Crippen LogP) is 11.5. The van der Waals surface area contributed by atoms with Crippen LogP contribution >= 0.6 is 0 Å². The van der Waals surface area contributed by atoms with Crippen molar-refractivity contribution < 1.29 is 83.0 Å². The molecule has 19 aliphatic rings. The molecule has 0 aromatic heterocycles. The molecule has 93 heavy (non-hydrogen) atoms. The van der Waals surface area contributed by atoms with Gasteiger partial charge in [-0.2, -0.15) is 0 Å². The van der Waals surface area contributed by atoms with Gasteiger partial charge >= 0.3 is 23.9 Å². The summed E-state index contributed by atoms with van der Waals surface area (Å²) in [7, 11) is 0. The zero-order valence-corrected chi connectivity index (χ0v) is 59.3. The van der Waals surface area contributed by atoms with Crippen molar-refractivity contribution in [3.8, 4) is 0 Å². The highest BCUT2D eigenvalue weighted by Crippen LogP contribution is 2.75. The van der Waals surface area contributed by atoms with Crippen LogP contribution in [0.4, 0.5) is 0 Å². The fraction of sp³-hybridized carbons (Fsp3) is 0.947. The molecule has 0 spiro atoms.